The summed E-state index contributed by atoms with van der Waals surface area (Å²) in [5, 5.41) is 0. The van der Waals surface area contributed by atoms with E-state index in [1.54, 1.807) is 12.1 Å². The molecule has 0 aliphatic heterocycles. The molecule has 0 aliphatic carbocycles. The summed E-state index contributed by atoms with van der Waals surface area (Å²) < 4.78 is 18.3. The Kier molecular flexibility index (Phi) is 2.78. The van der Waals surface area contributed by atoms with Gasteiger partial charge in [0.05, 0.1) is 0 Å². The summed E-state index contributed by atoms with van der Waals surface area (Å²) in [6.07, 6.45) is 5.48. The number of hydrogen-bond donors (Lipinski definition) is 0. The lowest BCUT2D eigenvalue weighted by molar-refractivity contribution is 0.483. The van der Waals surface area contributed by atoms with E-state index in [4.69, 9.17) is 10.8 Å². The molecule has 1 nitrogen and oxygen atoms in total. The van der Waals surface area contributed by atoms with Gasteiger partial charge in [0.15, 0.2) is 0 Å². The van der Waals surface area contributed by atoms with Gasteiger partial charge >= 0.3 is 0 Å². The fourth-order valence-electron chi connectivity index (χ4n) is 1.61. The van der Waals surface area contributed by atoms with Gasteiger partial charge in [-0.25, -0.2) is 4.39 Å². The third-order valence-corrected chi connectivity index (χ3v) is 2.42. The molecule has 0 radical (unpaired) electrons. The Labute approximate surface area is 93.9 Å². The van der Waals surface area contributed by atoms with Crippen LogP contribution in [0.3, 0.4) is 0 Å². The highest BCUT2D eigenvalue weighted by molar-refractivity contribution is 5.35. The van der Waals surface area contributed by atoms with Gasteiger partial charge in [0.2, 0.25) is 0 Å². The quantitative estimate of drug-likeness (QED) is 0.697. The summed E-state index contributed by atoms with van der Waals surface area (Å²) in [7, 11) is 0. The first-order chi connectivity index (χ1) is 7.70. The van der Waals surface area contributed by atoms with Crippen LogP contribution in [0.2, 0.25) is 0 Å². The van der Waals surface area contributed by atoms with Gasteiger partial charge in [-0.15, -0.1) is 6.42 Å². The predicted octanol–water partition coefficient (Wildman–Crippen LogP) is 3.49. The molecule has 1 heterocycles. The van der Waals surface area contributed by atoms with E-state index >= 15 is 0 Å². The van der Waals surface area contributed by atoms with E-state index in [-0.39, 0.29) is 11.7 Å². The Bertz CT molecular complexity index is 516. The van der Waals surface area contributed by atoms with E-state index in [9.17, 15) is 4.39 Å². The van der Waals surface area contributed by atoms with Crippen LogP contribution < -0.4 is 0 Å². The molecular weight excluding hydrogens is 203 g/mol. The minimum Gasteiger partial charge on any atom is -0.465 e. The first kappa shape index (κ1) is 10.5. The molecule has 2 heteroatoms. The highest BCUT2D eigenvalue weighted by Gasteiger charge is 2.14. The molecule has 0 saturated carbocycles. The van der Waals surface area contributed by atoms with Gasteiger partial charge in [-0.3, -0.25) is 0 Å². The van der Waals surface area contributed by atoms with Crippen molar-refractivity contribution in [2.45, 2.75) is 12.8 Å². The third kappa shape index (κ3) is 1.99. The number of halogens is 1. The van der Waals surface area contributed by atoms with Gasteiger partial charge in [0, 0.05) is 0 Å². The monoisotopic (exact) mass is 214 g/mol. The summed E-state index contributed by atoms with van der Waals surface area (Å²) in [6.45, 7) is 1.86. The van der Waals surface area contributed by atoms with Crippen LogP contribution in [0.15, 0.2) is 40.8 Å². The van der Waals surface area contributed by atoms with Crippen molar-refractivity contribution < 1.29 is 8.81 Å². The summed E-state index contributed by atoms with van der Waals surface area (Å²) in [5.41, 5.74) is 0.859. The second-order valence-electron chi connectivity index (χ2n) is 3.60. The fraction of sp³-hybridized carbons (Fsp3) is 0.143. The molecule has 1 atom stereocenters. The van der Waals surface area contributed by atoms with Crippen molar-refractivity contribution in [1.29, 1.82) is 0 Å². The molecule has 2 aromatic rings. The molecule has 0 aliphatic rings. The Balaban J connectivity index is 2.37. The SMILES string of the molecule is C#CC(c1ccc(F)cc1)c1ccc(C)o1. The van der Waals surface area contributed by atoms with Gasteiger partial charge in [-0.1, -0.05) is 18.1 Å². The van der Waals surface area contributed by atoms with Crippen LogP contribution in [-0.2, 0) is 0 Å². The van der Waals surface area contributed by atoms with E-state index in [0.717, 1.165) is 11.3 Å². The molecule has 1 aromatic heterocycles. The van der Waals surface area contributed by atoms with Crippen LogP contribution in [0.4, 0.5) is 4.39 Å². The molecule has 0 saturated heterocycles. The lowest BCUT2D eigenvalue weighted by atomic mass is 9.97. The number of aryl methyl sites for hydroxylation is 1. The molecule has 1 unspecified atom stereocenters. The van der Waals surface area contributed by atoms with Crippen LogP contribution in [0.25, 0.3) is 0 Å². The maximum atomic E-state index is 12.8. The van der Waals surface area contributed by atoms with Crippen molar-refractivity contribution in [3.8, 4) is 12.3 Å². The third-order valence-electron chi connectivity index (χ3n) is 2.42. The maximum Gasteiger partial charge on any atom is 0.123 e. The highest BCUT2D eigenvalue weighted by Crippen LogP contribution is 2.25. The van der Waals surface area contributed by atoms with Crippen molar-refractivity contribution in [3.63, 3.8) is 0 Å². The van der Waals surface area contributed by atoms with Gasteiger partial charge in [0.25, 0.3) is 0 Å². The lowest BCUT2D eigenvalue weighted by Crippen LogP contribution is -1.96. The molecule has 0 spiro atoms. The van der Waals surface area contributed by atoms with Crippen LogP contribution in [0.5, 0.6) is 0 Å². The minimum atomic E-state index is -0.268. The zero-order chi connectivity index (χ0) is 11.5. The largest absolute Gasteiger partial charge is 0.465 e. The molecule has 0 fully saturated rings. The van der Waals surface area contributed by atoms with E-state index < -0.39 is 0 Å². The fourth-order valence-corrected chi connectivity index (χ4v) is 1.61. The summed E-state index contributed by atoms with van der Waals surface area (Å²) in [5.74, 6) is 3.66. The van der Waals surface area contributed by atoms with Gasteiger partial charge < -0.3 is 4.42 Å². The average Bonchev–Trinajstić information content (AvgIpc) is 2.69. The zero-order valence-corrected chi connectivity index (χ0v) is 8.91. The second kappa shape index (κ2) is 4.24. The normalized spacial score (nSPS) is 12.1. The molecular formula is C14H11FO. The molecule has 16 heavy (non-hydrogen) atoms. The van der Waals surface area contributed by atoms with Crippen LogP contribution in [0.1, 0.15) is 23.0 Å². The maximum absolute atomic E-state index is 12.8. The molecule has 0 bridgehead atoms. The van der Waals surface area contributed by atoms with Crippen molar-refractivity contribution in [2.24, 2.45) is 0 Å². The van der Waals surface area contributed by atoms with Crippen LogP contribution in [-0.4, -0.2) is 0 Å². The standard InChI is InChI=1S/C14H11FO/c1-3-13(14-9-4-10(2)16-14)11-5-7-12(15)8-6-11/h1,4-9,13H,2H3. The summed E-state index contributed by atoms with van der Waals surface area (Å²) >= 11 is 0. The number of rotatable bonds is 2. The van der Waals surface area contributed by atoms with Crippen molar-refractivity contribution >= 4 is 0 Å². The molecule has 0 N–H and O–H groups in total. The number of hydrogen-bond acceptors (Lipinski definition) is 1. The molecule has 80 valence electrons. The van der Waals surface area contributed by atoms with Crippen molar-refractivity contribution in [3.05, 3.63) is 59.3 Å². The minimum absolute atomic E-state index is 0.255. The number of terminal acetylenes is 1. The Hall–Kier alpha value is -2.01. The highest BCUT2D eigenvalue weighted by atomic mass is 19.1. The van der Waals surface area contributed by atoms with Gasteiger partial charge in [-0.2, -0.15) is 0 Å². The topological polar surface area (TPSA) is 13.1 Å². The van der Waals surface area contributed by atoms with Crippen LogP contribution in [0, 0.1) is 25.1 Å². The Morgan fingerprint density at radius 1 is 1.19 bits per heavy atom. The first-order valence-electron chi connectivity index (χ1n) is 4.98. The number of benzene rings is 1. The second-order valence-corrected chi connectivity index (χ2v) is 3.60. The average molecular weight is 214 g/mol. The van der Waals surface area contributed by atoms with Crippen LogP contribution >= 0.6 is 0 Å². The van der Waals surface area contributed by atoms with E-state index in [2.05, 4.69) is 5.92 Å². The number of furan rings is 1. The lowest BCUT2D eigenvalue weighted by Gasteiger charge is -2.07. The van der Waals surface area contributed by atoms with Gasteiger partial charge in [-0.05, 0) is 36.8 Å². The summed E-state index contributed by atoms with van der Waals surface area (Å²) in [6, 6.07) is 9.87. The Morgan fingerprint density at radius 3 is 2.38 bits per heavy atom. The van der Waals surface area contributed by atoms with Gasteiger partial charge in [0.1, 0.15) is 23.3 Å². The Morgan fingerprint density at radius 2 is 1.88 bits per heavy atom. The smallest absolute Gasteiger partial charge is 0.123 e. The van der Waals surface area contributed by atoms with Crippen molar-refractivity contribution in [2.75, 3.05) is 0 Å². The van der Waals surface area contributed by atoms with Crippen molar-refractivity contribution in [1.82, 2.24) is 0 Å². The van der Waals surface area contributed by atoms with E-state index in [1.165, 1.54) is 12.1 Å². The predicted molar refractivity (Wildman–Crippen MR) is 60.5 cm³/mol. The molecule has 0 amide bonds. The zero-order valence-electron chi connectivity index (χ0n) is 8.91. The summed E-state index contributed by atoms with van der Waals surface area (Å²) in [4.78, 5) is 0. The molecule has 1 aromatic carbocycles. The van der Waals surface area contributed by atoms with E-state index in [0.29, 0.717) is 5.76 Å². The first-order valence-corrected chi connectivity index (χ1v) is 4.98. The molecule has 2 rings (SSSR count). The van der Waals surface area contributed by atoms with E-state index in [1.807, 2.05) is 19.1 Å².